The van der Waals surface area contributed by atoms with Gasteiger partial charge in [0.2, 0.25) is 0 Å². The van der Waals surface area contributed by atoms with Crippen molar-refractivity contribution in [1.29, 1.82) is 0 Å². The van der Waals surface area contributed by atoms with Crippen LogP contribution in [0.4, 0.5) is 4.79 Å². The normalized spacial score (nSPS) is 10.8. The van der Waals surface area contributed by atoms with Gasteiger partial charge in [-0.05, 0) is 17.7 Å². The summed E-state index contributed by atoms with van der Waals surface area (Å²) in [4.78, 5) is 11.7. The summed E-state index contributed by atoms with van der Waals surface area (Å²) in [5, 5.41) is 2.50. The van der Waals surface area contributed by atoms with Crippen LogP contribution in [-0.4, -0.2) is 14.4 Å². The lowest BCUT2D eigenvalue weighted by Gasteiger charge is -2.08. The van der Waals surface area contributed by atoms with E-state index in [0.717, 1.165) is 5.56 Å². The number of rotatable bonds is 4. The third-order valence-corrected chi connectivity index (χ3v) is 3.92. The van der Waals surface area contributed by atoms with Gasteiger partial charge in [0.15, 0.2) is 0 Å². The molecule has 5 nitrogen and oxygen atoms in total. The molecule has 0 fully saturated rings. The van der Waals surface area contributed by atoms with Crippen LogP contribution in [0.25, 0.3) is 0 Å². The summed E-state index contributed by atoms with van der Waals surface area (Å²) in [5.41, 5.74) is 0.889. The molecule has 0 bridgehead atoms. The van der Waals surface area contributed by atoms with Gasteiger partial charge in [0, 0.05) is 6.54 Å². The number of carbonyl (C=O) groups is 1. The van der Waals surface area contributed by atoms with Gasteiger partial charge in [0.05, 0.1) is 4.90 Å². The van der Waals surface area contributed by atoms with Gasteiger partial charge in [0.25, 0.3) is 10.0 Å². The molecule has 2 rings (SSSR count). The summed E-state index contributed by atoms with van der Waals surface area (Å²) < 4.78 is 25.7. The average molecular weight is 290 g/mol. The number of hydrogen-bond donors (Lipinski definition) is 2. The summed E-state index contributed by atoms with van der Waals surface area (Å²) in [6.07, 6.45) is 0. The number of nitrogens with one attached hydrogen (secondary N) is 2. The summed E-state index contributed by atoms with van der Waals surface area (Å²) in [5.74, 6) is 0. The second kappa shape index (κ2) is 6.21. The van der Waals surface area contributed by atoms with E-state index in [1.807, 2.05) is 35.1 Å². The van der Waals surface area contributed by atoms with Crippen LogP contribution in [0.15, 0.2) is 65.6 Å². The fourth-order valence-electron chi connectivity index (χ4n) is 1.59. The zero-order valence-electron chi connectivity index (χ0n) is 10.6. The standard InChI is InChI=1S/C14H14N2O3S/c17-14(15-11-12-7-3-1-4-8-12)16-20(18,19)13-9-5-2-6-10-13/h1-10H,11H2,(H2,15,16,17). The van der Waals surface area contributed by atoms with Crippen LogP contribution in [0.2, 0.25) is 0 Å². The Kier molecular flexibility index (Phi) is 4.37. The number of carbonyl (C=O) groups excluding carboxylic acids is 1. The molecule has 2 amide bonds. The van der Waals surface area contributed by atoms with E-state index < -0.39 is 16.1 Å². The van der Waals surface area contributed by atoms with Crippen molar-refractivity contribution in [2.24, 2.45) is 0 Å². The van der Waals surface area contributed by atoms with Crippen molar-refractivity contribution in [3.8, 4) is 0 Å². The number of benzene rings is 2. The molecule has 2 aromatic carbocycles. The summed E-state index contributed by atoms with van der Waals surface area (Å²) in [6.45, 7) is 0.261. The first kappa shape index (κ1) is 14.1. The van der Waals surface area contributed by atoms with Gasteiger partial charge in [-0.3, -0.25) is 0 Å². The second-order valence-corrected chi connectivity index (χ2v) is 5.77. The molecule has 2 N–H and O–H groups in total. The van der Waals surface area contributed by atoms with Crippen molar-refractivity contribution >= 4 is 16.1 Å². The van der Waals surface area contributed by atoms with Gasteiger partial charge >= 0.3 is 6.03 Å². The first-order valence-corrected chi connectivity index (χ1v) is 7.46. The molecule has 104 valence electrons. The quantitative estimate of drug-likeness (QED) is 0.902. The van der Waals surface area contributed by atoms with E-state index in [2.05, 4.69) is 5.32 Å². The molecule has 0 aliphatic heterocycles. The lowest BCUT2D eigenvalue weighted by Crippen LogP contribution is -2.38. The Morgan fingerprint density at radius 3 is 2.05 bits per heavy atom. The Morgan fingerprint density at radius 2 is 1.45 bits per heavy atom. The van der Waals surface area contributed by atoms with Crippen LogP contribution < -0.4 is 10.0 Å². The largest absolute Gasteiger partial charge is 0.333 e. The molecular formula is C14H14N2O3S. The lowest BCUT2D eigenvalue weighted by molar-refractivity contribution is 0.245. The molecule has 6 heteroatoms. The van der Waals surface area contributed by atoms with Gasteiger partial charge in [-0.15, -0.1) is 0 Å². The van der Waals surface area contributed by atoms with Gasteiger partial charge < -0.3 is 5.32 Å². The number of amides is 2. The van der Waals surface area contributed by atoms with E-state index in [9.17, 15) is 13.2 Å². The molecule has 20 heavy (non-hydrogen) atoms. The summed E-state index contributed by atoms with van der Waals surface area (Å²) >= 11 is 0. The van der Waals surface area contributed by atoms with Crippen LogP contribution in [0.5, 0.6) is 0 Å². The summed E-state index contributed by atoms with van der Waals surface area (Å²) in [7, 11) is -3.83. The molecule has 0 unspecified atom stereocenters. The topological polar surface area (TPSA) is 75.3 Å². The van der Waals surface area contributed by atoms with Crippen molar-refractivity contribution in [2.45, 2.75) is 11.4 Å². The molecule has 2 aromatic rings. The third kappa shape index (κ3) is 3.83. The van der Waals surface area contributed by atoms with Gasteiger partial charge in [-0.25, -0.2) is 17.9 Å². The van der Waals surface area contributed by atoms with E-state index in [-0.39, 0.29) is 11.4 Å². The zero-order valence-corrected chi connectivity index (χ0v) is 11.4. The Hall–Kier alpha value is -2.34. The highest BCUT2D eigenvalue weighted by molar-refractivity contribution is 7.90. The van der Waals surface area contributed by atoms with Crippen molar-refractivity contribution in [1.82, 2.24) is 10.0 Å². The number of sulfonamides is 1. The maximum atomic E-state index is 11.9. The third-order valence-electron chi connectivity index (χ3n) is 2.58. The lowest BCUT2D eigenvalue weighted by atomic mass is 10.2. The van der Waals surface area contributed by atoms with E-state index >= 15 is 0 Å². The minimum absolute atomic E-state index is 0.0508. The van der Waals surface area contributed by atoms with Crippen LogP contribution in [0.3, 0.4) is 0 Å². The molecule has 0 aliphatic carbocycles. The maximum absolute atomic E-state index is 11.9. The highest BCUT2D eigenvalue weighted by atomic mass is 32.2. The smallest absolute Gasteiger partial charge is 0.328 e. The Labute approximate surface area is 117 Å². The zero-order chi connectivity index (χ0) is 14.4. The Morgan fingerprint density at radius 1 is 0.900 bits per heavy atom. The van der Waals surface area contributed by atoms with E-state index in [1.165, 1.54) is 12.1 Å². The van der Waals surface area contributed by atoms with E-state index in [0.29, 0.717) is 0 Å². The van der Waals surface area contributed by atoms with Crippen LogP contribution >= 0.6 is 0 Å². The molecule has 0 heterocycles. The van der Waals surface area contributed by atoms with Crippen molar-refractivity contribution in [3.05, 3.63) is 66.2 Å². The second-order valence-electron chi connectivity index (χ2n) is 4.09. The predicted molar refractivity (Wildman–Crippen MR) is 75.4 cm³/mol. The molecule has 0 radical (unpaired) electrons. The van der Waals surface area contributed by atoms with Gasteiger partial charge in [0.1, 0.15) is 0 Å². The molecule has 0 aliphatic rings. The van der Waals surface area contributed by atoms with E-state index in [4.69, 9.17) is 0 Å². The van der Waals surface area contributed by atoms with Crippen LogP contribution in [0.1, 0.15) is 5.56 Å². The van der Waals surface area contributed by atoms with Gasteiger partial charge in [-0.2, -0.15) is 0 Å². The minimum Gasteiger partial charge on any atom is -0.333 e. The molecule has 0 spiro atoms. The minimum atomic E-state index is -3.83. The molecule has 0 saturated carbocycles. The Balaban J connectivity index is 1.95. The van der Waals surface area contributed by atoms with Crippen LogP contribution in [-0.2, 0) is 16.6 Å². The highest BCUT2D eigenvalue weighted by Gasteiger charge is 2.16. The first-order valence-electron chi connectivity index (χ1n) is 5.97. The number of urea groups is 1. The molecule has 0 aromatic heterocycles. The molecule has 0 atom stereocenters. The summed E-state index contributed by atoms with van der Waals surface area (Å²) in [6, 6.07) is 16.2. The monoisotopic (exact) mass is 290 g/mol. The molecule has 0 saturated heterocycles. The van der Waals surface area contributed by atoms with Crippen LogP contribution in [0, 0.1) is 0 Å². The number of hydrogen-bond acceptors (Lipinski definition) is 3. The van der Waals surface area contributed by atoms with Crippen molar-refractivity contribution in [3.63, 3.8) is 0 Å². The average Bonchev–Trinajstić information content (AvgIpc) is 2.47. The predicted octanol–water partition coefficient (Wildman–Crippen LogP) is 1.87. The van der Waals surface area contributed by atoms with Crippen molar-refractivity contribution in [2.75, 3.05) is 0 Å². The fourth-order valence-corrected chi connectivity index (χ4v) is 2.54. The maximum Gasteiger partial charge on any atom is 0.328 e. The highest BCUT2D eigenvalue weighted by Crippen LogP contribution is 2.06. The van der Waals surface area contributed by atoms with Crippen molar-refractivity contribution < 1.29 is 13.2 Å². The van der Waals surface area contributed by atoms with Gasteiger partial charge in [-0.1, -0.05) is 48.5 Å². The Bertz CT molecular complexity index is 670. The fraction of sp³-hybridized carbons (Fsp3) is 0.0714. The first-order chi connectivity index (χ1) is 9.58. The SMILES string of the molecule is O=C(NCc1ccccc1)NS(=O)(=O)c1ccccc1. The molecular weight excluding hydrogens is 276 g/mol. The van der Waals surface area contributed by atoms with E-state index in [1.54, 1.807) is 18.2 Å².